The van der Waals surface area contributed by atoms with Gasteiger partial charge >= 0.3 is 0 Å². The average Bonchev–Trinajstić information content (AvgIpc) is 2.89. The lowest BCUT2D eigenvalue weighted by atomic mass is 10.3. The summed E-state index contributed by atoms with van der Waals surface area (Å²) >= 11 is 5.01. The first-order valence-electron chi connectivity index (χ1n) is 5.91. The number of halogens is 1. The molecule has 1 amide bonds. The molecule has 5 heteroatoms. The molecule has 0 bridgehead atoms. The van der Waals surface area contributed by atoms with Crippen LogP contribution in [-0.4, -0.2) is 12.5 Å². The zero-order valence-electron chi connectivity index (χ0n) is 10.3. The fourth-order valence-corrected chi connectivity index (χ4v) is 2.53. The SMILES string of the molecule is O=C(CCOc1cccc(Br)c1)NCc1cccs1. The van der Waals surface area contributed by atoms with Gasteiger partial charge in [-0.3, -0.25) is 4.79 Å². The quantitative estimate of drug-likeness (QED) is 0.873. The van der Waals surface area contributed by atoms with Crippen LogP contribution in [0.25, 0.3) is 0 Å². The van der Waals surface area contributed by atoms with Crippen LogP contribution < -0.4 is 10.1 Å². The third-order valence-electron chi connectivity index (χ3n) is 2.43. The van der Waals surface area contributed by atoms with Gasteiger partial charge in [0, 0.05) is 9.35 Å². The molecule has 1 aromatic carbocycles. The van der Waals surface area contributed by atoms with Crippen LogP contribution in [0.15, 0.2) is 46.3 Å². The van der Waals surface area contributed by atoms with Crippen LogP contribution in [0, 0.1) is 0 Å². The van der Waals surface area contributed by atoms with Gasteiger partial charge in [-0.1, -0.05) is 28.1 Å². The van der Waals surface area contributed by atoms with Crippen molar-refractivity contribution in [3.05, 3.63) is 51.1 Å². The van der Waals surface area contributed by atoms with Gasteiger partial charge in [0.25, 0.3) is 0 Å². The van der Waals surface area contributed by atoms with E-state index in [-0.39, 0.29) is 5.91 Å². The number of nitrogens with one attached hydrogen (secondary N) is 1. The molecule has 0 fully saturated rings. The van der Waals surface area contributed by atoms with Gasteiger partial charge in [-0.25, -0.2) is 0 Å². The number of benzene rings is 1. The lowest BCUT2D eigenvalue weighted by molar-refractivity contribution is -0.121. The first-order valence-corrected chi connectivity index (χ1v) is 7.59. The predicted octanol–water partition coefficient (Wildman–Crippen LogP) is 3.60. The number of thiophene rings is 1. The minimum atomic E-state index is 0.00315. The number of amides is 1. The molecule has 0 unspecified atom stereocenters. The van der Waals surface area contributed by atoms with Crippen molar-refractivity contribution in [3.63, 3.8) is 0 Å². The summed E-state index contributed by atoms with van der Waals surface area (Å²) in [6.07, 6.45) is 0.359. The molecular weight excluding hydrogens is 326 g/mol. The number of hydrogen-bond donors (Lipinski definition) is 1. The van der Waals surface area contributed by atoms with Crippen molar-refractivity contribution in [2.45, 2.75) is 13.0 Å². The Balaban J connectivity index is 1.66. The molecule has 19 heavy (non-hydrogen) atoms. The van der Waals surface area contributed by atoms with E-state index in [1.54, 1.807) is 11.3 Å². The van der Waals surface area contributed by atoms with Crippen LogP contribution in [0.4, 0.5) is 0 Å². The summed E-state index contributed by atoms with van der Waals surface area (Å²) in [5, 5.41) is 4.86. The van der Waals surface area contributed by atoms with Gasteiger partial charge < -0.3 is 10.1 Å². The van der Waals surface area contributed by atoms with E-state index in [0.29, 0.717) is 19.6 Å². The highest BCUT2D eigenvalue weighted by Gasteiger charge is 2.02. The topological polar surface area (TPSA) is 38.3 Å². The first-order chi connectivity index (χ1) is 9.24. The van der Waals surface area contributed by atoms with Gasteiger partial charge in [-0.15, -0.1) is 11.3 Å². The summed E-state index contributed by atoms with van der Waals surface area (Å²) in [7, 11) is 0. The Hall–Kier alpha value is -1.33. The van der Waals surface area contributed by atoms with Crippen molar-refractivity contribution in [3.8, 4) is 5.75 Å². The van der Waals surface area contributed by atoms with Crippen molar-refractivity contribution < 1.29 is 9.53 Å². The molecule has 0 atom stereocenters. The molecule has 0 spiro atoms. The Morgan fingerprint density at radius 1 is 1.32 bits per heavy atom. The summed E-state index contributed by atoms with van der Waals surface area (Å²) in [6, 6.07) is 11.6. The number of hydrogen-bond acceptors (Lipinski definition) is 3. The minimum Gasteiger partial charge on any atom is -0.493 e. The smallest absolute Gasteiger partial charge is 0.223 e. The van der Waals surface area contributed by atoms with Crippen molar-refractivity contribution in [2.75, 3.05) is 6.61 Å². The van der Waals surface area contributed by atoms with E-state index in [2.05, 4.69) is 21.2 Å². The Bertz CT molecular complexity index is 528. The molecule has 1 N–H and O–H groups in total. The predicted molar refractivity (Wildman–Crippen MR) is 80.4 cm³/mol. The van der Waals surface area contributed by atoms with Crippen LogP contribution in [0.3, 0.4) is 0 Å². The maximum Gasteiger partial charge on any atom is 0.223 e. The van der Waals surface area contributed by atoms with Crippen LogP contribution in [0.1, 0.15) is 11.3 Å². The van der Waals surface area contributed by atoms with Gasteiger partial charge in [0.05, 0.1) is 19.6 Å². The molecule has 100 valence electrons. The highest BCUT2D eigenvalue weighted by atomic mass is 79.9. The first kappa shape index (κ1) is 14.1. The van der Waals surface area contributed by atoms with E-state index in [9.17, 15) is 4.79 Å². The zero-order valence-corrected chi connectivity index (χ0v) is 12.7. The molecule has 3 nitrogen and oxygen atoms in total. The number of rotatable bonds is 6. The van der Waals surface area contributed by atoms with Crippen LogP contribution >= 0.6 is 27.3 Å². The third kappa shape index (κ3) is 5.04. The third-order valence-corrected chi connectivity index (χ3v) is 3.80. The summed E-state index contributed by atoms with van der Waals surface area (Å²) in [4.78, 5) is 12.8. The van der Waals surface area contributed by atoms with Crippen molar-refractivity contribution in [2.24, 2.45) is 0 Å². The standard InChI is InChI=1S/C14H14BrNO2S/c15-11-3-1-4-12(9-11)18-7-6-14(17)16-10-13-5-2-8-19-13/h1-5,8-9H,6-7,10H2,(H,16,17). The molecule has 1 heterocycles. The zero-order chi connectivity index (χ0) is 13.5. The Morgan fingerprint density at radius 3 is 2.95 bits per heavy atom. The fraction of sp³-hybridized carbons (Fsp3) is 0.214. The molecule has 2 rings (SSSR count). The molecule has 1 aromatic heterocycles. The Kier molecular flexibility index (Phi) is 5.42. The molecule has 0 saturated carbocycles. The number of carbonyl (C=O) groups is 1. The van der Waals surface area contributed by atoms with E-state index in [1.165, 1.54) is 0 Å². The van der Waals surface area contributed by atoms with Gasteiger partial charge in [0.15, 0.2) is 0 Å². The second-order valence-corrected chi connectivity index (χ2v) is 5.86. The van der Waals surface area contributed by atoms with Crippen molar-refractivity contribution >= 4 is 33.2 Å². The summed E-state index contributed by atoms with van der Waals surface area (Å²) < 4.78 is 6.47. The number of ether oxygens (including phenoxy) is 1. The van der Waals surface area contributed by atoms with E-state index in [0.717, 1.165) is 15.1 Å². The monoisotopic (exact) mass is 339 g/mol. The lowest BCUT2D eigenvalue weighted by Crippen LogP contribution is -2.23. The number of carbonyl (C=O) groups excluding carboxylic acids is 1. The van der Waals surface area contributed by atoms with Crippen LogP contribution in [0.5, 0.6) is 5.75 Å². The van der Waals surface area contributed by atoms with Gasteiger partial charge in [0.1, 0.15) is 5.75 Å². The lowest BCUT2D eigenvalue weighted by Gasteiger charge is -2.07. The van der Waals surface area contributed by atoms with E-state index >= 15 is 0 Å². The fourth-order valence-electron chi connectivity index (χ4n) is 1.51. The van der Waals surface area contributed by atoms with Crippen molar-refractivity contribution in [1.82, 2.24) is 5.32 Å². The van der Waals surface area contributed by atoms with E-state index < -0.39 is 0 Å². The van der Waals surface area contributed by atoms with Gasteiger partial charge in [-0.2, -0.15) is 0 Å². The molecule has 0 radical (unpaired) electrons. The summed E-state index contributed by atoms with van der Waals surface area (Å²) in [5.74, 6) is 0.767. The molecule has 2 aromatic rings. The maximum absolute atomic E-state index is 11.6. The maximum atomic E-state index is 11.6. The second-order valence-electron chi connectivity index (χ2n) is 3.91. The van der Waals surface area contributed by atoms with Crippen molar-refractivity contribution in [1.29, 1.82) is 0 Å². The largest absolute Gasteiger partial charge is 0.493 e. The molecule has 0 aliphatic rings. The molecule has 0 aliphatic carbocycles. The highest BCUT2D eigenvalue weighted by molar-refractivity contribution is 9.10. The Labute approximate surface area is 124 Å². The van der Waals surface area contributed by atoms with Crippen LogP contribution in [0.2, 0.25) is 0 Å². The van der Waals surface area contributed by atoms with Gasteiger partial charge in [-0.05, 0) is 29.6 Å². The highest BCUT2D eigenvalue weighted by Crippen LogP contribution is 2.17. The van der Waals surface area contributed by atoms with E-state index in [4.69, 9.17) is 4.74 Å². The second kappa shape index (κ2) is 7.31. The van der Waals surface area contributed by atoms with Gasteiger partial charge in [0.2, 0.25) is 5.91 Å². The minimum absolute atomic E-state index is 0.00315. The molecular formula is C14H14BrNO2S. The van der Waals surface area contributed by atoms with E-state index in [1.807, 2.05) is 41.8 Å². The average molecular weight is 340 g/mol. The normalized spacial score (nSPS) is 10.2. The van der Waals surface area contributed by atoms with Crippen LogP contribution in [-0.2, 0) is 11.3 Å². The summed E-state index contributed by atoms with van der Waals surface area (Å²) in [5.41, 5.74) is 0. The Morgan fingerprint density at radius 2 is 2.21 bits per heavy atom. The summed E-state index contributed by atoms with van der Waals surface area (Å²) in [6.45, 7) is 0.972. The molecule has 0 aliphatic heterocycles. The molecule has 0 saturated heterocycles.